The van der Waals surface area contributed by atoms with Crippen molar-refractivity contribution in [3.8, 4) is 5.69 Å². The lowest BCUT2D eigenvalue weighted by molar-refractivity contribution is 0.0696. The number of hydrogen-bond acceptors (Lipinski definition) is 4. The number of carboxylic acids is 2. The number of rotatable bonds is 6. The molecule has 0 spiro atoms. The minimum absolute atomic E-state index is 0.128. The molecule has 0 aliphatic rings. The lowest BCUT2D eigenvalue weighted by Gasteiger charge is -2.12. The van der Waals surface area contributed by atoms with Gasteiger partial charge in [-0.25, -0.2) is 19.8 Å². The number of benzene rings is 2. The zero-order chi connectivity index (χ0) is 23.4. The number of nitrogens with zero attached hydrogens (tertiary/aromatic N) is 2. The Morgan fingerprint density at radius 3 is 2.06 bits per heavy atom. The van der Waals surface area contributed by atoms with Crippen LogP contribution in [0.1, 0.15) is 43.2 Å². The molecule has 3 rings (SSSR count). The molecule has 32 heavy (non-hydrogen) atoms. The third kappa shape index (κ3) is 5.01. The molecule has 0 fully saturated rings. The number of amides is 2. The quantitative estimate of drug-likeness (QED) is 0.344. The fraction of sp³-hybridized carbons (Fsp3) is 0.130. The van der Waals surface area contributed by atoms with E-state index in [2.05, 4.69) is 15.8 Å². The van der Waals surface area contributed by atoms with E-state index in [1.165, 1.54) is 18.3 Å². The summed E-state index contributed by atoms with van der Waals surface area (Å²) in [5, 5.41) is 25.3. The molecular weight excluding hydrogens is 412 g/mol. The van der Waals surface area contributed by atoms with Gasteiger partial charge < -0.3 is 20.1 Å². The number of carboxylic acid groups (broad SMARTS) is 2. The average Bonchev–Trinajstić information content (AvgIpc) is 3.02. The van der Waals surface area contributed by atoms with E-state index in [9.17, 15) is 24.6 Å². The molecule has 1 heterocycles. The summed E-state index contributed by atoms with van der Waals surface area (Å²) in [6.07, 6.45) is 1.46. The topological polar surface area (TPSA) is 133 Å². The zero-order valence-electron chi connectivity index (χ0n) is 17.7. The summed E-state index contributed by atoms with van der Waals surface area (Å²) in [4.78, 5) is 34.9. The second-order valence-electron chi connectivity index (χ2n) is 7.23. The molecule has 3 aromatic rings. The normalized spacial score (nSPS) is 10.8. The van der Waals surface area contributed by atoms with Crippen molar-refractivity contribution < 1.29 is 24.6 Å². The highest BCUT2D eigenvalue weighted by molar-refractivity contribution is 5.95. The Balaban J connectivity index is 1.82. The van der Waals surface area contributed by atoms with Gasteiger partial charge >= 0.3 is 18.0 Å². The van der Waals surface area contributed by atoms with Crippen LogP contribution in [0, 0.1) is 20.8 Å². The van der Waals surface area contributed by atoms with Crippen LogP contribution in [-0.4, -0.2) is 39.0 Å². The van der Waals surface area contributed by atoms with Gasteiger partial charge in [-0.15, -0.1) is 0 Å². The van der Waals surface area contributed by atoms with Crippen molar-refractivity contribution in [2.45, 2.75) is 20.8 Å². The second-order valence-corrected chi connectivity index (χ2v) is 7.23. The lowest BCUT2D eigenvalue weighted by Crippen LogP contribution is -2.24. The van der Waals surface area contributed by atoms with Crippen molar-refractivity contribution in [2.24, 2.45) is 5.10 Å². The number of hydrazone groups is 1. The predicted molar refractivity (Wildman–Crippen MR) is 120 cm³/mol. The van der Waals surface area contributed by atoms with Gasteiger partial charge in [0.1, 0.15) is 0 Å². The standard InChI is InChI=1S/C23H22N4O5/c1-13-4-6-19(7-5-13)25-23(32)26-24-12-18-8-14(2)27(15(18)3)20-10-16(21(28)29)9-17(11-20)22(30)31/h4-12H,1-3H3,(H,28,29)(H,30,31)(H2,25,26,32)/b24-12+. The molecule has 4 N–H and O–H groups in total. The number of aromatic nitrogens is 1. The molecule has 0 saturated carbocycles. The number of urea groups is 1. The van der Waals surface area contributed by atoms with Crippen LogP contribution in [0.3, 0.4) is 0 Å². The third-order valence-electron chi connectivity index (χ3n) is 4.82. The van der Waals surface area contributed by atoms with Crippen LogP contribution in [0.25, 0.3) is 5.69 Å². The molecule has 0 aliphatic heterocycles. The maximum Gasteiger partial charge on any atom is 0.339 e. The fourth-order valence-corrected chi connectivity index (χ4v) is 3.26. The van der Waals surface area contributed by atoms with E-state index in [4.69, 9.17) is 0 Å². The summed E-state index contributed by atoms with van der Waals surface area (Å²) in [5.74, 6) is -2.44. The maximum absolute atomic E-state index is 12.0. The molecule has 0 radical (unpaired) electrons. The molecule has 164 valence electrons. The molecule has 0 saturated heterocycles. The SMILES string of the molecule is Cc1ccc(NC(=O)N/N=C/c2cc(C)n(-c3cc(C(=O)O)cc(C(=O)O)c3)c2C)cc1. The van der Waals surface area contributed by atoms with Gasteiger partial charge in [-0.05, 0) is 57.2 Å². The molecule has 2 aromatic carbocycles. The summed E-state index contributed by atoms with van der Waals surface area (Å²) >= 11 is 0. The van der Waals surface area contributed by atoms with Crippen LogP contribution in [0.2, 0.25) is 0 Å². The van der Waals surface area contributed by atoms with Gasteiger partial charge in [0.05, 0.1) is 17.3 Å². The molecule has 1 aromatic heterocycles. The summed E-state index contributed by atoms with van der Waals surface area (Å²) < 4.78 is 1.73. The molecule has 9 nitrogen and oxygen atoms in total. The molecule has 9 heteroatoms. The molecule has 0 unspecified atom stereocenters. The Kier molecular flexibility index (Phi) is 6.39. The van der Waals surface area contributed by atoms with Gasteiger partial charge in [0.25, 0.3) is 0 Å². The fourth-order valence-electron chi connectivity index (χ4n) is 3.26. The van der Waals surface area contributed by atoms with Gasteiger partial charge in [-0.3, -0.25) is 0 Å². The van der Waals surface area contributed by atoms with E-state index >= 15 is 0 Å². The largest absolute Gasteiger partial charge is 0.478 e. The summed E-state index contributed by atoms with van der Waals surface area (Å²) in [6.45, 7) is 5.54. The molecular formula is C23H22N4O5. The molecule has 2 amide bonds. The van der Waals surface area contributed by atoms with Crippen LogP contribution < -0.4 is 10.7 Å². The summed E-state index contributed by atoms with van der Waals surface area (Å²) in [7, 11) is 0. The predicted octanol–water partition coefficient (Wildman–Crippen LogP) is 3.95. The second kappa shape index (κ2) is 9.17. The van der Waals surface area contributed by atoms with Crippen molar-refractivity contribution in [1.82, 2.24) is 9.99 Å². The Morgan fingerprint density at radius 1 is 0.906 bits per heavy atom. The van der Waals surface area contributed by atoms with Crippen molar-refractivity contribution >= 4 is 29.9 Å². The highest BCUT2D eigenvalue weighted by atomic mass is 16.4. The lowest BCUT2D eigenvalue weighted by atomic mass is 10.1. The highest BCUT2D eigenvalue weighted by Crippen LogP contribution is 2.22. The van der Waals surface area contributed by atoms with E-state index < -0.39 is 18.0 Å². The number of nitrogens with one attached hydrogen (secondary N) is 2. The monoisotopic (exact) mass is 434 g/mol. The molecule has 0 atom stereocenters. The van der Waals surface area contributed by atoms with Gasteiger partial charge in [0.15, 0.2) is 0 Å². The number of aryl methyl sites for hydroxylation is 2. The van der Waals surface area contributed by atoms with E-state index in [1.54, 1.807) is 36.6 Å². The van der Waals surface area contributed by atoms with Gasteiger partial charge in [-0.1, -0.05) is 17.7 Å². The number of anilines is 1. The van der Waals surface area contributed by atoms with Crippen LogP contribution in [0.15, 0.2) is 53.6 Å². The van der Waals surface area contributed by atoms with Crippen molar-refractivity contribution in [2.75, 3.05) is 5.32 Å². The molecule has 0 aliphatic carbocycles. The minimum Gasteiger partial charge on any atom is -0.478 e. The first-order chi connectivity index (χ1) is 15.2. The zero-order valence-corrected chi connectivity index (χ0v) is 17.7. The number of carbonyl (C=O) groups excluding carboxylic acids is 1. The van der Waals surface area contributed by atoms with Gasteiger partial charge in [0.2, 0.25) is 0 Å². The van der Waals surface area contributed by atoms with Crippen LogP contribution >= 0.6 is 0 Å². The molecule has 0 bridgehead atoms. The highest BCUT2D eigenvalue weighted by Gasteiger charge is 2.16. The Hall–Kier alpha value is -4.40. The van der Waals surface area contributed by atoms with Crippen molar-refractivity contribution in [1.29, 1.82) is 0 Å². The first kappa shape index (κ1) is 22.3. The maximum atomic E-state index is 12.0. The summed E-state index contributed by atoms with van der Waals surface area (Å²) in [6, 6.07) is 12.5. The van der Waals surface area contributed by atoms with E-state index in [0.717, 1.165) is 17.3 Å². The smallest absolute Gasteiger partial charge is 0.339 e. The van der Waals surface area contributed by atoms with Crippen LogP contribution in [-0.2, 0) is 0 Å². The number of hydrogen-bond donors (Lipinski definition) is 4. The Bertz CT molecular complexity index is 1190. The first-order valence-corrected chi connectivity index (χ1v) is 9.63. The van der Waals surface area contributed by atoms with Crippen LogP contribution in [0.5, 0.6) is 0 Å². The minimum atomic E-state index is -1.22. The van der Waals surface area contributed by atoms with Gasteiger partial charge in [0, 0.05) is 28.3 Å². The van der Waals surface area contributed by atoms with Gasteiger partial charge in [-0.2, -0.15) is 5.10 Å². The summed E-state index contributed by atoms with van der Waals surface area (Å²) in [5.41, 5.74) is 6.37. The van der Waals surface area contributed by atoms with Crippen molar-refractivity contribution in [3.05, 3.63) is 82.2 Å². The number of carbonyl (C=O) groups is 3. The van der Waals surface area contributed by atoms with E-state index in [-0.39, 0.29) is 11.1 Å². The van der Waals surface area contributed by atoms with E-state index in [1.807, 2.05) is 19.1 Å². The third-order valence-corrected chi connectivity index (χ3v) is 4.82. The Morgan fingerprint density at radius 2 is 1.50 bits per heavy atom. The average molecular weight is 434 g/mol. The van der Waals surface area contributed by atoms with E-state index in [0.29, 0.717) is 22.6 Å². The Labute approximate surface area is 184 Å². The van der Waals surface area contributed by atoms with Crippen molar-refractivity contribution in [3.63, 3.8) is 0 Å². The number of aromatic carboxylic acids is 2. The van der Waals surface area contributed by atoms with Crippen LogP contribution in [0.4, 0.5) is 10.5 Å². The first-order valence-electron chi connectivity index (χ1n) is 9.63.